The van der Waals surface area contributed by atoms with Crippen LogP contribution in [-0.2, 0) is 30.2 Å². The molecular formula is C20H25NO7. The number of esters is 2. The van der Waals surface area contributed by atoms with E-state index in [0.717, 1.165) is 24.1 Å². The first kappa shape index (κ1) is 22.8. The highest BCUT2D eigenvalue weighted by atomic mass is 16.6. The summed E-state index contributed by atoms with van der Waals surface area (Å²) >= 11 is 0. The molecule has 0 fully saturated rings. The lowest BCUT2D eigenvalue weighted by Crippen LogP contribution is -2.34. The summed E-state index contributed by atoms with van der Waals surface area (Å²) in [5, 5.41) is 2.40. The number of alkyl carbamates (subject to hydrolysis) is 1. The van der Waals surface area contributed by atoms with E-state index in [0.29, 0.717) is 5.75 Å². The number of nitrogens with one attached hydrogen (secondary N) is 1. The van der Waals surface area contributed by atoms with Crippen LogP contribution in [0.5, 0.6) is 5.75 Å². The summed E-state index contributed by atoms with van der Waals surface area (Å²) in [4.78, 5) is 34.0. The van der Waals surface area contributed by atoms with Crippen molar-refractivity contribution in [1.82, 2.24) is 5.32 Å². The van der Waals surface area contributed by atoms with Gasteiger partial charge in [-0.05, 0) is 24.1 Å². The third-order valence-corrected chi connectivity index (χ3v) is 3.37. The van der Waals surface area contributed by atoms with Crippen LogP contribution >= 0.6 is 0 Å². The molecule has 28 heavy (non-hydrogen) atoms. The number of carbonyl (C=O) groups excluding carboxylic acids is 3. The summed E-state index contributed by atoms with van der Waals surface area (Å²) < 4.78 is 20.5. The Morgan fingerprint density at radius 2 is 1.86 bits per heavy atom. The Hall–Kier alpha value is -3.29. The highest BCUT2D eigenvalue weighted by Crippen LogP contribution is 2.14. The molecule has 0 heterocycles. The van der Waals surface area contributed by atoms with Crippen molar-refractivity contribution in [2.24, 2.45) is 0 Å². The summed E-state index contributed by atoms with van der Waals surface area (Å²) in [7, 11) is 0. The van der Waals surface area contributed by atoms with Crippen LogP contribution < -0.4 is 10.1 Å². The van der Waals surface area contributed by atoms with E-state index >= 15 is 0 Å². The second-order valence-electron chi connectivity index (χ2n) is 5.47. The van der Waals surface area contributed by atoms with Crippen molar-refractivity contribution in [2.75, 3.05) is 26.4 Å². The molecule has 0 aliphatic rings. The number of amides is 1. The van der Waals surface area contributed by atoms with E-state index in [4.69, 9.17) is 18.9 Å². The Morgan fingerprint density at radius 1 is 1.11 bits per heavy atom. The minimum Gasteiger partial charge on any atom is -0.490 e. The average Bonchev–Trinajstić information content (AvgIpc) is 2.72. The van der Waals surface area contributed by atoms with Crippen LogP contribution in [0, 0.1) is 0 Å². The van der Waals surface area contributed by atoms with E-state index < -0.39 is 24.1 Å². The van der Waals surface area contributed by atoms with Crippen LogP contribution in [0.25, 0.3) is 0 Å². The van der Waals surface area contributed by atoms with Gasteiger partial charge in [0.2, 0.25) is 0 Å². The smallest absolute Gasteiger partial charge is 0.407 e. The monoisotopic (exact) mass is 391 g/mol. The normalized spacial score (nSPS) is 10.9. The van der Waals surface area contributed by atoms with E-state index in [1.807, 2.05) is 25.1 Å². The number of hydrogen-bond acceptors (Lipinski definition) is 7. The van der Waals surface area contributed by atoms with Crippen molar-refractivity contribution in [3.63, 3.8) is 0 Å². The Morgan fingerprint density at radius 3 is 2.54 bits per heavy atom. The predicted molar refractivity (Wildman–Crippen MR) is 102 cm³/mol. The first-order valence-corrected chi connectivity index (χ1v) is 8.73. The van der Waals surface area contributed by atoms with E-state index in [1.54, 1.807) is 6.07 Å². The topological polar surface area (TPSA) is 100 Å². The number of hydrogen-bond donors (Lipinski definition) is 1. The Balaban J connectivity index is 2.46. The van der Waals surface area contributed by atoms with Gasteiger partial charge >= 0.3 is 18.0 Å². The Kier molecular flexibility index (Phi) is 10.5. The first-order chi connectivity index (χ1) is 13.5. The van der Waals surface area contributed by atoms with Gasteiger partial charge in [0, 0.05) is 12.2 Å². The summed E-state index contributed by atoms with van der Waals surface area (Å²) in [6.45, 7) is 8.44. The molecule has 8 heteroatoms. The molecule has 1 N–H and O–H groups in total. The maximum absolute atomic E-state index is 11.7. The maximum atomic E-state index is 11.7. The molecule has 1 atom stereocenters. The fourth-order valence-electron chi connectivity index (χ4n) is 1.96. The molecular weight excluding hydrogens is 366 g/mol. The minimum absolute atomic E-state index is 0.00300. The summed E-state index contributed by atoms with van der Waals surface area (Å²) in [5.74, 6) is -0.625. The molecule has 152 valence electrons. The number of benzene rings is 1. The molecule has 0 aliphatic carbocycles. The highest BCUT2D eigenvalue weighted by molar-refractivity contribution is 5.81. The van der Waals surface area contributed by atoms with Crippen LogP contribution in [0.15, 0.2) is 49.6 Å². The zero-order valence-electron chi connectivity index (χ0n) is 15.8. The van der Waals surface area contributed by atoms with Gasteiger partial charge in [0.25, 0.3) is 0 Å². The molecule has 1 aromatic carbocycles. The van der Waals surface area contributed by atoms with E-state index in [1.165, 1.54) is 0 Å². The van der Waals surface area contributed by atoms with Gasteiger partial charge in [-0.3, -0.25) is 0 Å². The summed E-state index contributed by atoms with van der Waals surface area (Å²) in [6, 6.07) is 7.50. The standard InChI is InChI=1S/C20H25NO7/c1-4-15-8-7-9-16(12-15)26-13-17(28-19(23)6-3)14-27-20(24)21-10-11-25-18(22)5-2/h5-9,12,17H,2-4,10-11,13-14H2,1H3,(H,21,24). The first-order valence-electron chi connectivity index (χ1n) is 8.73. The lowest BCUT2D eigenvalue weighted by Gasteiger charge is -2.18. The summed E-state index contributed by atoms with van der Waals surface area (Å²) in [6.07, 6.45) is 1.32. The van der Waals surface area contributed by atoms with Gasteiger partial charge in [0.1, 0.15) is 25.6 Å². The van der Waals surface area contributed by atoms with Crippen LogP contribution in [-0.4, -0.2) is 50.5 Å². The van der Waals surface area contributed by atoms with Crippen LogP contribution in [0.4, 0.5) is 4.79 Å². The molecule has 0 aliphatic heterocycles. The fraction of sp³-hybridized carbons (Fsp3) is 0.350. The number of ether oxygens (including phenoxy) is 4. The van der Waals surface area contributed by atoms with Crippen molar-refractivity contribution in [3.8, 4) is 5.75 Å². The zero-order valence-corrected chi connectivity index (χ0v) is 15.8. The van der Waals surface area contributed by atoms with Crippen molar-refractivity contribution < 1.29 is 33.3 Å². The molecule has 0 spiro atoms. The van der Waals surface area contributed by atoms with Gasteiger partial charge < -0.3 is 24.3 Å². The lowest BCUT2D eigenvalue weighted by atomic mass is 10.2. The Labute approximate surface area is 164 Å². The third-order valence-electron chi connectivity index (χ3n) is 3.37. The number of carbonyl (C=O) groups is 3. The van der Waals surface area contributed by atoms with E-state index in [9.17, 15) is 14.4 Å². The highest BCUT2D eigenvalue weighted by Gasteiger charge is 2.17. The molecule has 1 amide bonds. The summed E-state index contributed by atoms with van der Waals surface area (Å²) in [5.41, 5.74) is 1.10. The second-order valence-corrected chi connectivity index (χ2v) is 5.47. The SMILES string of the molecule is C=CC(=O)OCCNC(=O)OCC(COc1cccc(CC)c1)OC(=O)C=C. The Bertz CT molecular complexity index is 687. The largest absolute Gasteiger partial charge is 0.490 e. The lowest BCUT2D eigenvalue weighted by molar-refractivity contribution is -0.146. The third kappa shape index (κ3) is 9.42. The van der Waals surface area contributed by atoms with Crippen molar-refractivity contribution in [1.29, 1.82) is 0 Å². The number of rotatable bonds is 12. The maximum Gasteiger partial charge on any atom is 0.407 e. The van der Waals surface area contributed by atoms with Crippen LogP contribution in [0.3, 0.4) is 0 Å². The van der Waals surface area contributed by atoms with E-state index in [2.05, 4.69) is 18.5 Å². The zero-order chi connectivity index (χ0) is 20.8. The van der Waals surface area contributed by atoms with Gasteiger partial charge in [-0.1, -0.05) is 32.2 Å². The van der Waals surface area contributed by atoms with Crippen molar-refractivity contribution in [3.05, 3.63) is 55.1 Å². The van der Waals surface area contributed by atoms with E-state index in [-0.39, 0.29) is 26.4 Å². The quantitative estimate of drug-likeness (QED) is 0.252. The van der Waals surface area contributed by atoms with Gasteiger partial charge in [-0.15, -0.1) is 0 Å². The van der Waals surface area contributed by atoms with Crippen LogP contribution in [0.2, 0.25) is 0 Å². The van der Waals surface area contributed by atoms with Crippen LogP contribution in [0.1, 0.15) is 12.5 Å². The number of aryl methyl sites for hydroxylation is 1. The molecule has 0 saturated heterocycles. The molecule has 0 aromatic heterocycles. The molecule has 0 saturated carbocycles. The second kappa shape index (κ2) is 13.0. The van der Waals surface area contributed by atoms with Crippen molar-refractivity contribution >= 4 is 18.0 Å². The minimum atomic E-state index is -0.819. The van der Waals surface area contributed by atoms with Gasteiger partial charge in [0.05, 0.1) is 6.54 Å². The molecule has 0 bridgehead atoms. The fourth-order valence-corrected chi connectivity index (χ4v) is 1.96. The average molecular weight is 391 g/mol. The molecule has 1 rings (SSSR count). The van der Waals surface area contributed by atoms with Gasteiger partial charge in [0.15, 0.2) is 6.10 Å². The molecule has 0 radical (unpaired) electrons. The predicted octanol–water partition coefficient (Wildman–Crippen LogP) is 2.18. The van der Waals surface area contributed by atoms with Crippen molar-refractivity contribution in [2.45, 2.75) is 19.4 Å². The van der Waals surface area contributed by atoms with Gasteiger partial charge in [-0.2, -0.15) is 0 Å². The molecule has 1 aromatic rings. The molecule has 1 unspecified atom stereocenters. The molecule has 8 nitrogen and oxygen atoms in total. The van der Waals surface area contributed by atoms with Gasteiger partial charge in [-0.25, -0.2) is 14.4 Å².